The summed E-state index contributed by atoms with van der Waals surface area (Å²) in [4.78, 5) is 0. The molecule has 0 aromatic heterocycles. The molecule has 0 spiro atoms. The zero-order valence-corrected chi connectivity index (χ0v) is 8.51. The topological polar surface area (TPSA) is 0 Å². The third-order valence-corrected chi connectivity index (χ3v) is 4.55. The molecule has 0 aliphatic heterocycles. The zero-order valence-electron chi connectivity index (χ0n) is 6.25. The van der Waals surface area contributed by atoms with Crippen LogP contribution in [-0.4, -0.2) is 3.79 Å². The van der Waals surface area contributed by atoms with Gasteiger partial charge in [-0.2, -0.15) is 0 Å². The normalized spacial score (nSPS) is 43.4. The van der Waals surface area contributed by atoms with Crippen molar-refractivity contribution in [2.24, 2.45) is 11.3 Å². The maximum atomic E-state index is 5.95. The fourth-order valence-electron chi connectivity index (χ4n) is 2.59. The van der Waals surface area contributed by atoms with Crippen molar-refractivity contribution < 1.29 is 0 Å². The molecule has 2 saturated carbocycles. The molecule has 0 amide bonds. The van der Waals surface area contributed by atoms with Crippen LogP contribution in [0.4, 0.5) is 0 Å². The van der Waals surface area contributed by atoms with Gasteiger partial charge in [0.15, 0.2) is 3.79 Å². The molecule has 2 bridgehead atoms. The number of rotatable bonds is 0. The van der Waals surface area contributed by atoms with Crippen molar-refractivity contribution in [1.82, 2.24) is 0 Å². The van der Waals surface area contributed by atoms with Crippen LogP contribution in [0, 0.1) is 11.3 Å². The first kappa shape index (κ1) is 8.47. The van der Waals surface area contributed by atoms with Crippen molar-refractivity contribution in [2.45, 2.75) is 35.9 Å². The quantitative estimate of drug-likeness (QED) is 0.535. The van der Waals surface area contributed by atoms with Crippen LogP contribution in [0.5, 0.6) is 0 Å². The van der Waals surface area contributed by atoms with Gasteiger partial charge in [0, 0.05) is 5.41 Å². The second kappa shape index (κ2) is 2.43. The molecule has 0 saturated heterocycles. The number of hydrogen-bond acceptors (Lipinski definition) is 0. The van der Waals surface area contributed by atoms with Gasteiger partial charge < -0.3 is 0 Å². The van der Waals surface area contributed by atoms with E-state index in [1.54, 1.807) is 0 Å². The Morgan fingerprint density at radius 1 is 1.09 bits per heavy atom. The summed E-state index contributed by atoms with van der Waals surface area (Å²) in [5.74, 6) is 0.852. The van der Waals surface area contributed by atoms with Gasteiger partial charge in [0.1, 0.15) is 0 Å². The van der Waals surface area contributed by atoms with Crippen LogP contribution in [0.3, 0.4) is 0 Å². The van der Waals surface area contributed by atoms with E-state index < -0.39 is 3.79 Å². The van der Waals surface area contributed by atoms with Crippen molar-refractivity contribution in [3.63, 3.8) is 0 Å². The van der Waals surface area contributed by atoms with Crippen LogP contribution in [0.2, 0.25) is 0 Å². The predicted molar refractivity (Wildman–Crippen MR) is 49.3 cm³/mol. The molecule has 11 heavy (non-hydrogen) atoms. The van der Waals surface area contributed by atoms with Crippen molar-refractivity contribution in [2.75, 3.05) is 0 Å². The van der Waals surface area contributed by atoms with E-state index in [-0.39, 0.29) is 5.41 Å². The third kappa shape index (κ3) is 1.18. The summed E-state index contributed by atoms with van der Waals surface area (Å²) in [5.41, 5.74) is 0.0440. The van der Waals surface area contributed by atoms with Gasteiger partial charge in [0.2, 0.25) is 0 Å². The Kier molecular flexibility index (Phi) is 1.87. The third-order valence-electron chi connectivity index (χ3n) is 3.34. The van der Waals surface area contributed by atoms with Crippen molar-refractivity contribution in [3.8, 4) is 0 Å². The van der Waals surface area contributed by atoms with E-state index in [0.29, 0.717) is 0 Å². The van der Waals surface area contributed by atoms with Crippen LogP contribution < -0.4 is 0 Å². The summed E-state index contributed by atoms with van der Waals surface area (Å²) >= 11 is 17.9. The minimum Gasteiger partial charge on any atom is -0.0831 e. The minimum absolute atomic E-state index is 0.0440. The SMILES string of the molecule is ClC(Cl)(Cl)C12CCC(CC1)C2. The molecule has 3 heteroatoms. The summed E-state index contributed by atoms with van der Waals surface area (Å²) in [7, 11) is 0. The molecule has 0 atom stereocenters. The van der Waals surface area contributed by atoms with E-state index in [2.05, 4.69) is 0 Å². The van der Waals surface area contributed by atoms with E-state index in [0.717, 1.165) is 25.2 Å². The lowest BCUT2D eigenvalue weighted by atomic mass is 9.86. The Balaban J connectivity index is 2.23. The highest BCUT2D eigenvalue weighted by Crippen LogP contribution is 2.64. The molecule has 0 aromatic carbocycles. The summed E-state index contributed by atoms with van der Waals surface area (Å²) in [5, 5.41) is 0. The molecule has 0 nitrogen and oxygen atoms in total. The van der Waals surface area contributed by atoms with Gasteiger partial charge in [-0.05, 0) is 38.0 Å². The molecule has 0 radical (unpaired) electrons. The highest BCUT2D eigenvalue weighted by molar-refractivity contribution is 6.68. The molecule has 0 N–H and O–H groups in total. The summed E-state index contributed by atoms with van der Waals surface area (Å²) in [6.45, 7) is 0. The van der Waals surface area contributed by atoms with Gasteiger partial charge in [0.05, 0.1) is 0 Å². The van der Waals surface area contributed by atoms with Crippen LogP contribution in [0.15, 0.2) is 0 Å². The first-order valence-corrected chi connectivity index (χ1v) is 5.24. The highest BCUT2D eigenvalue weighted by atomic mass is 35.6. The Hall–Kier alpha value is 0.870. The standard InChI is InChI=1S/C8H11Cl3/c9-8(10,11)7-3-1-6(5-7)2-4-7/h6H,1-5H2. The Morgan fingerprint density at radius 3 is 1.82 bits per heavy atom. The average molecular weight is 214 g/mol. The summed E-state index contributed by atoms with van der Waals surface area (Å²) < 4.78 is -1.02. The maximum Gasteiger partial charge on any atom is 0.196 e. The Morgan fingerprint density at radius 2 is 1.64 bits per heavy atom. The molecular formula is C8H11Cl3. The fourth-order valence-corrected chi connectivity index (χ4v) is 3.39. The summed E-state index contributed by atoms with van der Waals surface area (Å²) in [6.07, 6.45) is 5.92. The minimum atomic E-state index is -1.02. The van der Waals surface area contributed by atoms with Gasteiger partial charge in [-0.25, -0.2) is 0 Å². The van der Waals surface area contributed by atoms with Crippen molar-refractivity contribution in [1.29, 1.82) is 0 Å². The smallest absolute Gasteiger partial charge is 0.0831 e. The van der Waals surface area contributed by atoms with Crippen LogP contribution in [0.25, 0.3) is 0 Å². The Labute approximate surface area is 82.2 Å². The van der Waals surface area contributed by atoms with E-state index >= 15 is 0 Å². The van der Waals surface area contributed by atoms with Crippen LogP contribution in [0.1, 0.15) is 32.1 Å². The van der Waals surface area contributed by atoms with E-state index in [9.17, 15) is 0 Å². The zero-order chi connectivity index (χ0) is 8.11. The predicted octanol–water partition coefficient (Wildman–Crippen LogP) is 3.94. The molecular weight excluding hydrogens is 202 g/mol. The molecule has 0 unspecified atom stereocenters. The largest absolute Gasteiger partial charge is 0.196 e. The Bertz CT molecular complexity index is 163. The molecule has 2 aliphatic carbocycles. The van der Waals surface area contributed by atoms with Gasteiger partial charge in [-0.1, -0.05) is 34.8 Å². The monoisotopic (exact) mass is 212 g/mol. The molecule has 64 valence electrons. The van der Waals surface area contributed by atoms with Crippen molar-refractivity contribution in [3.05, 3.63) is 0 Å². The lowest BCUT2D eigenvalue weighted by Gasteiger charge is -2.33. The number of alkyl halides is 3. The summed E-state index contributed by atoms with van der Waals surface area (Å²) in [6, 6.07) is 0. The lowest BCUT2D eigenvalue weighted by molar-refractivity contribution is 0.301. The van der Waals surface area contributed by atoms with Crippen LogP contribution >= 0.6 is 34.8 Å². The first-order chi connectivity index (χ1) is 5.04. The molecule has 2 fully saturated rings. The van der Waals surface area contributed by atoms with Gasteiger partial charge in [0.25, 0.3) is 0 Å². The van der Waals surface area contributed by atoms with Crippen LogP contribution in [-0.2, 0) is 0 Å². The molecule has 2 rings (SSSR count). The van der Waals surface area contributed by atoms with Gasteiger partial charge in [-0.3, -0.25) is 0 Å². The van der Waals surface area contributed by atoms with Gasteiger partial charge in [-0.15, -0.1) is 0 Å². The average Bonchev–Trinajstić information content (AvgIpc) is 2.42. The maximum absolute atomic E-state index is 5.95. The molecule has 0 aromatic rings. The molecule has 2 aliphatic rings. The van der Waals surface area contributed by atoms with Crippen molar-refractivity contribution >= 4 is 34.8 Å². The number of halogens is 3. The second-order valence-corrected chi connectivity index (χ2v) is 6.21. The number of hydrogen-bond donors (Lipinski definition) is 0. The highest BCUT2D eigenvalue weighted by Gasteiger charge is 2.56. The first-order valence-electron chi connectivity index (χ1n) is 4.10. The molecule has 0 heterocycles. The number of fused-ring (bicyclic) bond motifs is 2. The van der Waals surface area contributed by atoms with Gasteiger partial charge >= 0.3 is 0 Å². The van der Waals surface area contributed by atoms with E-state index in [1.165, 1.54) is 12.8 Å². The van der Waals surface area contributed by atoms with E-state index in [1.807, 2.05) is 0 Å². The van der Waals surface area contributed by atoms with E-state index in [4.69, 9.17) is 34.8 Å². The lowest BCUT2D eigenvalue weighted by Crippen LogP contribution is -2.30. The second-order valence-electron chi connectivity index (χ2n) is 3.93. The fraction of sp³-hybridized carbons (Fsp3) is 1.00.